The highest BCUT2D eigenvalue weighted by atomic mass is 19.1. The van der Waals surface area contributed by atoms with E-state index in [-0.39, 0.29) is 5.82 Å². The summed E-state index contributed by atoms with van der Waals surface area (Å²) in [4.78, 5) is 17.4. The number of nitrogens with one attached hydrogen (secondary N) is 1. The minimum atomic E-state index is -0.174. The van der Waals surface area contributed by atoms with Crippen LogP contribution in [-0.4, -0.2) is 54.1 Å². The van der Waals surface area contributed by atoms with Crippen LogP contribution in [0.5, 0.6) is 0 Å². The molecule has 1 aromatic carbocycles. The summed E-state index contributed by atoms with van der Waals surface area (Å²) in [5.74, 6) is 1.45. The average Bonchev–Trinajstić information content (AvgIpc) is 2.66. The lowest BCUT2D eigenvalue weighted by molar-refractivity contribution is 0.370. The van der Waals surface area contributed by atoms with Crippen LogP contribution < -0.4 is 10.2 Å². The standard InChI is InChI=1S/C18H23FN6/c1-14-12-15(4-5-16(14)19)13-23-17(20-2)24-8-10-25(11-9-24)18-21-6-3-7-22-18/h3-7,12H,8-11,13H2,1-2H3,(H,20,23). The zero-order chi connectivity index (χ0) is 17.6. The molecule has 1 N–H and O–H groups in total. The van der Waals surface area contributed by atoms with Crippen LogP contribution in [0.3, 0.4) is 0 Å². The number of benzene rings is 1. The number of aliphatic imine (C=N–C) groups is 1. The Bertz CT molecular complexity index is 726. The lowest BCUT2D eigenvalue weighted by Crippen LogP contribution is -2.52. The molecule has 6 nitrogen and oxygen atoms in total. The van der Waals surface area contributed by atoms with Gasteiger partial charge in [0.15, 0.2) is 5.96 Å². The van der Waals surface area contributed by atoms with Crippen LogP contribution in [-0.2, 0) is 6.54 Å². The molecule has 1 aliphatic rings. The number of nitrogens with zero attached hydrogens (tertiary/aromatic N) is 5. The third kappa shape index (κ3) is 4.23. The molecule has 0 unspecified atom stereocenters. The Labute approximate surface area is 147 Å². The van der Waals surface area contributed by atoms with Gasteiger partial charge in [-0.05, 0) is 30.2 Å². The fraction of sp³-hybridized carbons (Fsp3) is 0.389. The Morgan fingerprint density at radius 2 is 1.92 bits per heavy atom. The van der Waals surface area contributed by atoms with E-state index in [1.54, 1.807) is 32.4 Å². The fourth-order valence-corrected chi connectivity index (χ4v) is 2.90. The Morgan fingerprint density at radius 1 is 1.20 bits per heavy atom. The van der Waals surface area contributed by atoms with E-state index in [0.29, 0.717) is 12.1 Å². The van der Waals surface area contributed by atoms with Gasteiger partial charge < -0.3 is 15.1 Å². The van der Waals surface area contributed by atoms with Crippen molar-refractivity contribution in [2.45, 2.75) is 13.5 Å². The van der Waals surface area contributed by atoms with Crippen LogP contribution >= 0.6 is 0 Å². The van der Waals surface area contributed by atoms with Gasteiger partial charge >= 0.3 is 0 Å². The molecule has 1 aromatic heterocycles. The topological polar surface area (TPSA) is 56.7 Å². The average molecular weight is 342 g/mol. The van der Waals surface area contributed by atoms with Crippen LogP contribution in [0.1, 0.15) is 11.1 Å². The first-order valence-electron chi connectivity index (χ1n) is 8.40. The van der Waals surface area contributed by atoms with Crippen molar-refractivity contribution in [3.8, 4) is 0 Å². The Hall–Kier alpha value is -2.70. The maximum Gasteiger partial charge on any atom is 0.225 e. The van der Waals surface area contributed by atoms with Crippen molar-refractivity contribution in [2.75, 3.05) is 38.1 Å². The first-order chi connectivity index (χ1) is 12.2. The van der Waals surface area contributed by atoms with E-state index in [4.69, 9.17) is 0 Å². The van der Waals surface area contributed by atoms with E-state index < -0.39 is 0 Å². The van der Waals surface area contributed by atoms with Gasteiger partial charge in [0.1, 0.15) is 5.82 Å². The molecule has 0 radical (unpaired) electrons. The maximum absolute atomic E-state index is 13.4. The summed E-state index contributed by atoms with van der Waals surface area (Å²) in [6, 6.07) is 6.99. The number of halogens is 1. The normalized spacial score (nSPS) is 15.4. The lowest BCUT2D eigenvalue weighted by Gasteiger charge is -2.36. The number of hydrogen-bond acceptors (Lipinski definition) is 4. The second-order valence-electron chi connectivity index (χ2n) is 6.01. The molecule has 3 rings (SSSR count). The van der Waals surface area contributed by atoms with E-state index in [2.05, 4.69) is 30.1 Å². The number of rotatable bonds is 3. The molecule has 1 saturated heterocycles. The van der Waals surface area contributed by atoms with E-state index in [1.165, 1.54) is 6.07 Å². The predicted molar refractivity (Wildman–Crippen MR) is 97.2 cm³/mol. The number of guanidine groups is 1. The molecule has 0 bridgehead atoms. The molecule has 0 atom stereocenters. The van der Waals surface area contributed by atoms with E-state index >= 15 is 0 Å². The molecule has 1 fully saturated rings. The number of hydrogen-bond donors (Lipinski definition) is 1. The molecule has 0 aliphatic carbocycles. The van der Waals surface area contributed by atoms with Gasteiger partial charge in [0.05, 0.1) is 0 Å². The highest BCUT2D eigenvalue weighted by molar-refractivity contribution is 5.80. The quantitative estimate of drug-likeness (QED) is 0.681. The monoisotopic (exact) mass is 342 g/mol. The molecule has 25 heavy (non-hydrogen) atoms. The Morgan fingerprint density at radius 3 is 2.56 bits per heavy atom. The second-order valence-corrected chi connectivity index (χ2v) is 6.01. The van der Waals surface area contributed by atoms with Gasteiger partial charge in [-0.25, -0.2) is 14.4 Å². The molecule has 2 heterocycles. The van der Waals surface area contributed by atoms with Crippen LogP contribution in [0.4, 0.5) is 10.3 Å². The highest BCUT2D eigenvalue weighted by Crippen LogP contribution is 2.11. The number of piperazine rings is 1. The summed E-state index contributed by atoms with van der Waals surface area (Å²) in [6.45, 7) is 5.79. The third-order valence-corrected chi connectivity index (χ3v) is 4.30. The fourth-order valence-electron chi connectivity index (χ4n) is 2.90. The first kappa shape index (κ1) is 17.1. The van der Waals surface area contributed by atoms with E-state index in [9.17, 15) is 4.39 Å². The predicted octanol–water partition coefficient (Wildman–Crippen LogP) is 1.82. The highest BCUT2D eigenvalue weighted by Gasteiger charge is 2.20. The van der Waals surface area contributed by atoms with E-state index in [1.807, 2.05) is 12.1 Å². The number of anilines is 1. The minimum Gasteiger partial charge on any atom is -0.352 e. The van der Waals surface area contributed by atoms with Crippen molar-refractivity contribution in [2.24, 2.45) is 4.99 Å². The van der Waals surface area contributed by atoms with Crippen molar-refractivity contribution in [3.05, 3.63) is 53.6 Å². The van der Waals surface area contributed by atoms with Gasteiger partial charge in [-0.3, -0.25) is 4.99 Å². The molecule has 132 valence electrons. The van der Waals surface area contributed by atoms with Crippen molar-refractivity contribution in [1.82, 2.24) is 20.2 Å². The Kier molecular flexibility index (Phi) is 5.42. The minimum absolute atomic E-state index is 0.174. The summed E-state index contributed by atoms with van der Waals surface area (Å²) < 4.78 is 13.4. The summed E-state index contributed by atoms with van der Waals surface area (Å²) in [5.41, 5.74) is 1.70. The molecular weight excluding hydrogens is 319 g/mol. The lowest BCUT2D eigenvalue weighted by atomic mass is 10.1. The van der Waals surface area contributed by atoms with Crippen LogP contribution in [0, 0.1) is 12.7 Å². The second kappa shape index (κ2) is 7.92. The van der Waals surface area contributed by atoms with Crippen molar-refractivity contribution in [1.29, 1.82) is 0 Å². The van der Waals surface area contributed by atoms with Gasteiger partial charge in [0, 0.05) is 52.2 Å². The Balaban J connectivity index is 1.55. The summed E-state index contributed by atoms with van der Waals surface area (Å²) in [5, 5.41) is 3.36. The molecule has 2 aromatic rings. The zero-order valence-electron chi connectivity index (χ0n) is 14.6. The van der Waals surface area contributed by atoms with Crippen molar-refractivity contribution in [3.63, 3.8) is 0 Å². The largest absolute Gasteiger partial charge is 0.352 e. The number of aromatic nitrogens is 2. The molecule has 1 aliphatic heterocycles. The van der Waals surface area contributed by atoms with Gasteiger partial charge in [0.25, 0.3) is 0 Å². The first-order valence-corrected chi connectivity index (χ1v) is 8.40. The molecular formula is C18H23FN6. The van der Waals surface area contributed by atoms with Gasteiger partial charge in [-0.1, -0.05) is 12.1 Å². The SMILES string of the molecule is CN=C(NCc1ccc(F)c(C)c1)N1CCN(c2ncccn2)CC1. The van der Waals surface area contributed by atoms with Crippen LogP contribution in [0.15, 0.2) is 41.7 Å². The maximum atomic E-state index is 13.4. The third-order valence-electron chi connectivity index (χ3n) is 4.30. The summed E-state index contributed by atoms with van der Waals surface area (Å²) >= 11 is 0. The van der Waals surface area contributed by atoms with Gasteiger partial charge in [-0.2, -0.15) is 0 Å². The molecule has 0 saturated carbocycles. The van der Waals surface area contributed by atoms with E-state index in [0.717, 1.165) is 43.7 Å². The van der Waals surface area contributed by atoms with Crippen LogP contribution in [0.2, 0.25) is 0 Å². The summed E-state index contributed by atoms with van der Waals surface area (Å²) in [6.07, 6.45) is 3.53. The van der Waals surface area contributed by atoms with Crippen LogP contribution in [0.25, 0.3) is 0 Å². The van der Waals surface area contributed by atoms with Crippen molar-refractivity contribution >= 4 is 11.9 Å². The van der Waals surface area contributed by atoms with Gasteiger partial charge in [-0.15, -0.1) is 0 Å². The van der Waals surface area contributed by atoms with Crippen molar-refractivity contribution < 1.29 is 4.39 Å². The molecule has 0 amide bonds. The number of aryl methyl sites for hydroxylation is 1. The summed E-state index contributed by atoms with van der Waals surface area (Å²) in [7, 11) is 1.78. The zero-order valence-corrected chi connectivity index (χ0v) is 14.6. The molecule has 0 spiro atoms. The van der Waals surface area contributed by atoms with Gasteiger partial charge in [0.2, 0.25) is 5.95 Å². The molecule has 7 heteroatoms. The smallest absolute Gasteiger partial charge is 0.225 e.